The first-order chi connectivity index (χ1) is 9.54. The van der Waals surface area contributed by atoms with E-state index in [0.29, 0.717) is 29.7 Å². The second kappa shape index (κ2) is 4.98. The first kappa shape index (κ1) is 13.2. The Morgan fingerprint density at radius 2 is 2.40 bits per heavy atom. The fourth-order valence-corrected chi connectivity index (χ4v) is 3.05. The van der Waals surface area contributed by atoms with E-state index in [1.54, 1.807) is 12.1 Å². The monoisotopic (exact) mass is 275 g/mol. The highest BCUT2D eigenvalue weighted by Gasteiger charge is 2.32. The maximum Gasteiger partial charge on any atom is 0.295 e. The Morgan fingerprint density at radius 1 is 1.55 bits per heavy atom. The molecule has 0 amide bonds. The second-order valence-corrected chi connectivity index (χ2v) is 6.03. The van der Waals surface area contributed by atoms with Gasteiger partial charge in [-0.1, -0.05) is 19.8 Å². The van der Waals surface area contributed by atoms with E-state index in [-0.39, 0.29) is 0 Å². The van der Waals surface area contributed by atoms with Crippen LogP contribution < -0.4 is 11.1 Å². The van der Waals surface area contributed by atoms with Gasteiger partial charge in [0.1, 0.15) is 5.52 Å². The summed E-state index contributed by atoms with van der Waals surface area (Å²) in [5.74, 6) is 0.569. The smallest absolute Gasteiger partial charge is 0.295 e. The van der Waals surface area contributed by atoms with Crippen molar-refractivity contribution in [2.45, 2.75) is 38.2 Å². The van der Waals surface area contributed by atoms with Gasteiger partial charge in [-0.3, -0.25) is 0 Å². The molecule has 3 rings (SSSR count). The Morgan fingerprint density at radius 3 is 3.20 bits per heavy atom. The van der Waals surface area contributed by atoms with Gasteiger partial charge in [-0.2, -0.15) is 4.98 Å². The number of oxazole rings is 1. The van der Waals surface area contributed by atoms with Crippen molar-refractivity contribution in [3.8, 4) is 0 Å². The zero-order valence-electron chi connectivity index (χ0n) is 11.7. The molecule has 2 aromatic rings. The minimum atomic E-state index is -0.655. The van der Waals surface area contributed by atoms with Crippen molar-refractivity contribution >= 4 is 22.8 Å². The molecule has 0 bridgehead atoms. The highest BCUT2D eigenvalue weighted by atomic mass is 16.4. The van der Waals surface area contributed by atoms with Crippen LogP contribution in [0, 0.1) is 5.92 Å². The third-order valence-corrected chi connectivity index (χ3v) is 4.05. The molecular weight excluding hydrogens is 254 g/mol. The van der Waals surface area contributed by atoms with Gasteiger partial charge >= 0.3 is 0 Å². The van der Waals surface area contributed by atoms with Crippen molar-refractivity contribution in [1.29, 1.82) is 0 Å². The molecule has 1 heterocycles. The topological polar surface area (TPSA) is 84.3 Å². The fourth-order valence-electron chi connectivity index (χ4n) is 3.05. The number of aliphatic hydroxyl groups is 1. The van der Waals surface area contributed by atoms with E-state index in [1.807, 2.05) is 6.07 Å². The molecule has 5 nitrogen and oxygen atoms in total. The van der Waals surface area contributed by atoms with Gasteiger partial charge in [0.05, 0.1) is 5.60 Å². The van der Waals surface area contributed by atoms with E-state index >= 15 is 0 Å². The van der Waals surface area contributed by atoms with Crippen molar-refractivity contribution in [3.05, 3.63) is 18.2 Å². The van der Waals surface area contributed by atoms with Gasteiger partial charge in [-0.15, -0.1) is 0 Å². The van der Waals surface area contributed by atoms with Crippen LogP contribution in [0.4, 0.5) is 11.7 Å². The molecule has 0 aliphatic heterocycles. The molecule has 1 fully saturated rings. The van der Waals surface area contributed by atoms with Gasteiger partial charge < -0.3 is 20.6 Å². The summed E-state index contributed by atoms with van der Waals surface area (Å²) in [4.78, 5) is 4.34. The Hall–Kier alpha value is -1.75. The van der Waals surface area contributed by atoms with Crippen LogP contribution in [-0.2, 0) is 0 Å². The van der Waals surface area contributed by atoms with Crippen LogP contribution >= 0.6 is 0 Å². The van der Waals surface area contributed by atoms with Crippen molar-refractivity contribution in [1.82, 2.24) is 4.98 Å². The van der Waals surface area contributed by atoms with Gasteiger partial charge in [0.25, 0.3) is 6.01 Å². The number of nitrogens with two attached hydrogens (primary N) is 1. The molecule has 0 saturated heterocycles. The lowest BCUT2D eigenvalue weighted by Crippen LogP contribution is -2.41. The number of hydrogen-bond donors (Lipinski definition) is 3. The van der Waals surface area contributed by atoms with Gasteiger partial charge in [0.2, 0.25) is 0 Å². The number of anilines is 2. The van der Waals surface area contributed by atoms with E-state index in [4.69, 9.17) is 10.2 Å². The zero-order valence-corrected chi connectivity index (χ0v) is 11.7. The Labute approximate surface area is 118 Å². The predicted molar refractivity (Wildman–Crippen MR) is 79.5 cm³/mol. The number of rotatable bonds is 3. The molecular formula is C15H21N3O2. The largest absolute Gasteiger partial charge is 0.423 e. The van der Waals surface area contributed by atoms with Gasteiger partial charge in [0, 0.05) is 18.3 Å². The minimum absolute atomic E-state index is 0.442. The van der Waals surface area contributed by atoms with E-state index < -0.39 is 5.60 Å². The molecule has 2 unspecified atom stereocenters. The Balaban J connectivity index is 1.70. The molecule has 1 aliphatic carbocycles. The summed E-state index contributed by atoms with van der Waals surface area (Å²) in [5, 5.41) is 13.7. The standard InChI is InChI=1S/C15H21N3O2/c1-10-3-2-6-15(19,8-10)9-17-14-18-12-5-4-11(16)7-13(12)20-14/h4-5,7,10,19H,2-3,6,8-9,16H2,1H3,(H,17,18). The number of fused-ring (bicyclic) bond motifs is 1. The average molecular weight is 275 g/mol. The first-order valence-electron chi connectivity index (χ1n) is 7.16. The van der Waals surface area contributed by atoms with Crippen molar-refractivity contribution in [2.24, 2.45) is 5.92 Å². The Kier molecular flexibility index (Phi) is 3.30. The highest BCUT2D eigenvalue weighted by molar-refractivity contribution is 5.78. The normalized spacial score (nSPS) is 26.8. The fraction of sp³-hybridized carbons (Fsp3) is 0.533. The number of nitrogens with zero attached hydrogens (tertiary/aromatic N) is 1. The minimum Gasteiger partial charge on any atom is -0.423 e. The molecule has 1 aliphatic rings. The molecule has 0 radical (unpaired) electrons. The van der Waals surface area contributed by atoms with Gasteiger partial charge in [-0.05, 0) is 30.9 Å². The lowest BCUT2D eigenvalue weighted by molar-refractivity contribution is -0.00114. The molecule has 5 heteroatoms. The molecule has 1 saturated carbocycles. The Bertz CT molecular complexity index is 610. The maximum absolute atomic E-state index is 10.6. The summed E-state index contributed by atoms with van der Waals surface area (Å²) >= 11 is 0. The second-order valence-electron chi connectivity index (χ2n) is 6.03. The van der Waals surface area contributed by atoms with E-state index in [9.17, 15) is 5.11 Å². The molecule has 1 aromatic carbocycles. The van der Waals surface area contributed by atoms with Crippen LogP contribution in [0.2, 0.25) is 0 Å². The van der Waals surface area contributed by atoms with E-state index in [0.717, 1.165) is 24.8 Å². The lowest BCUT2D eigenvalue weighted by Gasteiger charge is -2.35. The van der Waals surface area contributed by atoms with Gasteiger partial charge in [-0.25, -0.2) is 0 Å². The summed E-state index contributed by atoms with van der Waals surface area (Å²) in [7, 11) is 0. The summed E-state index contributed by atoms with van der Waals surface area (Å²) in [6, 6.07) is 5.82. The first-order valence-corrected chi connectivity index (χ1v) is 7.16. The molecule has 1 aromatic heterocycles. The van der Waals surface area contributed by atoms with Crippen LogP contribution in [0.15, 0.2) is 22.6 Å². The number of nitrogens with one attached hydrogen (secondary N) is 1. The molecule has 0 spiro atoms. The maximum atomic E-state index is 10.6. The third-order valence-electron chi connectivity index (χ3n) is 4.05. The lowest BCUT2D eigenvalue weighted by atomic mass is 9.79. The average Bonchev–Trinajstić information content (AvgIpc) is 2.78. The van der Waals surface area contributed by atoms with Crippen molar-refractivity contribution < 1.29 is 9.52 Å². The number of benzene rings is 1. The number of nitrogen functional groups attached to an aromatic ring is 1. The van der Waals surface area contributed by atoms with E-state index in [1.165, 1.54) is 6.42 Å². The SMILES string of the molecule is CC1CCCC(O)(CNc2nc3ccc(N)cc3o2)C1. The highest BCUT2D eigenvalue weighted by Crippen LogP contribution is 2.32. The quantitative estimate of drug-likeness (QED) is 0.750. The molecule has 2 atom stereocenters. The van der Waals surface area contributed by atoms with Crippen molar-refractivity contribution in [3.63, 3.8) is 0 Å². The van der Waals surface area contributed by atoms with Crippen LogP contribution in [-0.4, -0.2) is 22.2 Å². The summed E-state index contributed by atoms with van der Waals surface area (Å²) in [5.41, 5.74) is 7.14. The van der Waals surface area contributed by atoms with Gasteiger partial charge in [0.15, 0.2) is 5.58 Å². The number of hydrogen-bond acceptors (Lipinski definition) is 5. The van der Waals surface area contributed by atoms with Crippen LogP contribution in [0.25, 0.3) is 11.1 Å². The van der Waals surface area contributed by atoms with E-state index in [2.05, 4.69) is 17.2 Å². The molecule has 108 valence electrons. The number of aromatic nitrogens is 1. The van der Waals surface area contributed by atoms with Crippen LogP contribution in [0.1, 0.15) is 32.6 Å². The molecule has 20 heavy (non-hydrogen) atoms. The third kappa shape index (κ3) is 2.72. The van der Waals surface area contributed by atoms with Crippen LogP contribution in [0.5, 0.6) is 0 Å². The van der Waals surface area contributed by atoms with Crippen molar-refractivity contribution in [2.75, 3.05) is 17.6 Å². The summed E-state index contributed by atoms with van der Waals surface area (Å²) < 4.78 is 5.60. The zero-order chi connectivity index (χ0) is 14.2. The predicted octanol–water partition coefficient (Wildman–Crippen LogP) is 2.76. The summed E-state index contributed by atoms with van der Waals surface area (Å²) in [6.45, 7) is 2.66. The summed E-state index contributed by atoms with van der Waals surface area (Å²) in [6.07, 6.45) is 3.93. The van der Waals surface area contributed by atoms with Crippen LogP contribution in [0.3, 0.4) is 0 Å². The molecule has 4 N–H and O–H groups in total.